The monoisotopic (exact) mass is 221 g/mol. The van der Waals surface area contributed by atoms with Gasteiger partial charge in [0.25, 0.3) is 0 Å². The summed E-state index contributed by atoms with van der Waals surface area (Å²) in [6.07, 6.45) is 0. The molecule has 5 nitrogen and oxygen atoms in total. The predicted octanol–water partition coefficient (Wildman–Crippen LogP) is 0.880. The third kappa shape index (κ3) is 2.22. The number of benzene rings is 1. The van der Waals surface area contributed by atoms with Crippen molar-refractivity contribution in [1.82, 2.24) is 20.2 Å². The van der Waals surface area contributed by atoms with Gasteiger partial charge in [0.15, 0.2) is 5.82 Å². The summed E-state index contributed by atoms with van der Waals surface area (Å²) in [5.74, 6) is 0.317. The fraction of sp³-hybridized carbons (Fsp3) is 0.300. The van der Waals surface area contributed by atoms with E-state index in [9.17, 15) is 4.39 Å². The van der Waals surface area contributed by atoms with Crippen molar-refractivity contribution in [2.24, 2.45) is 5.73 Å². The molecule has 0 saturated carbocycles. The highest BCUT2D eigenvalue weighted by Crippen LogP contribution is 2.09. The third-order valence-corrected chi connectivity index (χ3v) is 2.19. The summed E-state index contributed by atoms with van der Waals surface area (Å²) in [7, 11) is 0. The fourth-order valence-electron chi connectivity index (χ4n) is 1.46. The van der Waals surface area contributed by atoms with Gasteiger partial charge in [0.2, 0.25) is 0 Å². The van der Waals surface area contributed by atoms with Gasteiger partial charge in [0, 0.05) is 0 Å². The first-order chi connectivity index (χ1) is 7.66. The minimum absolute atomic E-state index is 0.247. The van der Waals surface area contributed by atoms with Gasteiger partial charge in [0.1, 0.15) is 5.82 Å². The molecule has 0 aliphatic rings. The maximum atomic E-state index is 13.0. The minimum atomic E-state index is -0.270. The third-order valence-electron chi connectivity index (χ3n) is 2.19. The van der Waals surface area contributed by atoms with E-state index in [1.807, 2.05) is 6.07 Å². The minimum Gasteiger partial charge on any atom is -0.322 e. The number of hydrogen-bond donors (Lipinski definition) is 1. The van der Waals surface area contributed by atoms with Gasteiger partial charge in [0.05, 0.1) is 12.6 Å². The van der Waals surface area contributed by atoms with Crippen LogP contribution in [0.5, 0.6) is 0 Å². The molecule has 0 bridgehead atoms. The number of nitrogens with zero attached hydrogens (tertiary/aromatic N) is 4. The molecule has 0 fully saturated rings. The molecule has 1 aromatic heterocycles. The van der Waals surface area contributed by atoms with Gasteiger partial charge in [-0.2, -0.15) is 0 Å². The number of nitrogens with two attached hydrogens (primary N) is 1. The average Bonchev–Trinajstić information content (AvgIpc) is 2.66. The zero-order valence-corrected chi connectivity index (χ0v) is 8.84. The van der Waals surface area contributed by atoms with Crippen LogP contribution in [0.15, 0.2) is 24.3 Å². The molecular formula is C10H12FN5. The van der Waals surface area contributed by atoms with E-state index in [1.54, 1.807) is 17.7 Å². The zero-order valence-electron chi connectivity index (χ0n) is 8.84. The van der Waals surface area contributed by atoms with Crippen LogP contribution in [-0.2, 0) is 6.54 Å². The molecule has 6 heteroatoms. The van der Waals surface area contributed by atoms with Gasteiger partial charge >= 0.3 is 0 Å². The normalized spacial score (nSPS) is 12.7. The van der Waals surface area contributed by atoms with Gasteiger partial charge < -0.3 is 5.73 Å². The van der Waals surface area contributed by atoms with Crippen molar-refractivity contribution in [3.05, 3.63) is 41.5 Å². The lowest BCUT2D eigenvalue weighted by molar-refractivity contribution is 0.581. The number of halogens is 1. The lowest BCUT2D eigenvalue weighted by atomic mass is 10.2. The van der Waals surface area contributed by atoms with Crippen LogP contribution in [0.3, 0.4) is 0 Å². The molecule has 2 rings (SSSR count). The number of aromatic nitrogens is 4. The summed E-state index contributed by atoms with van der Waals surface area (Å²) in [6.45, 7) is 2.22. The van der Waals surface area contributed by atoms with E-state index in [-0.39, 0.29) is 11.9 Å². The van der Waals surface area contributed by atoms with Gasteiger partial charge in [-0.25, -0.2) is 9.07 Å². The Labute approximate surface area is 92.1 Å². The summed E-state index contributed by atoms with van der Waals surface area (Å²) >= 11 is 0. The molecule has 1 unspecified atom stereocenters. The molecular weight excluding hydrogens is 209 g/mol. The first kappa shape index (κ1) is 10.7. The van der Waals surface area contributed by atoms with Crippen LogP contribution < -0.4 is 5.73 Å². The lowest BCUT2D eigenvalue weighted by Gasteiger charge is -2.06. The van der Waals surface area contributed by atoms with E-state index in [2.05, 4.69) is 15.5 Å². The first-order valence-corrected chi connectivity index (χ1v) is 4.93. The van der Waals surface area contributed by atoms with Crippen molar-refractivity contribution in [3.8, 4) is 0 Å². The standard InChI is InChI=1S/C10H12FN5/c1-7(12)10-13-14-15-16(10)6-8-3-2-4-9(11)5-8/h2-5,7H,6,12H2,1H3. The SMILES string of the molecule is CC(N)c1nnnn1Cc1cccc(F)c1. The second kappa shape index (κ2) is 4.36. The molecule has 2 N–H and O–H groups in total. The smallest absolute Gasteiger partial charge is 0.168 e. The molecule has 0 saturated heterocycles. The Bertz CT molecular complexity index is 480. The van der Waals surface area contributed by atoms with Crippen molar-refractivity contribution in [1.29, 1.82) is 0 Å². The molecule has 0 amide bonds. The molecule has 84 valence electrons. The first-order valence-electron chi connectivity index (χ1n) is 4.93. The van der Waals surface area contributed by atoms with E-state index in [4.69, 9.17) is 5.73 Å². The molecule has 1 atom stereocenters. The van der Waals surface area contributed by atoms with Crippen molar-refractivity contribution in [3.63, 3.8) is 0 Å². The van der Waals surface area contributed by atoms with Crippen LogP contribution in [-0.4, -0.2) is 20.2 Å². The van der Waals surface area contributed by atoms with Crippen LogP contribution in [0.25, 0.3) is 0 Å². The van der Waals surface area contributed by atoms with Crippen LogP contribution in [0.4, 0.5) is 4.39 Å². The Morgan fingerprint density at radius 2 is 2.31 bits per heavy atom. The Kier molecular flexibility index (Phi) is 2.91. The summed E-state index contributed by atoms with van der Waals surface area (Å²) in [5.41, 5.74) is 6.51. The molecule has 0 aliphatic heterocycles. The van der Waals surface area contributed by atoms with E-state index in [0.717, 1.165) is 5.56 Å². The summed E-state index contributed by atoms with van der Waals surface area (Å²) < 4.78 is 14.5. The fourth-order valence-corrected chi connectivity index (χ4v) is 1.46. The molecule has 0 radical (unpaired) electrons. The van der Waals surface area contributed by atoms with Gasteiger partial charge in [-0.05, 0) is 35.0 Å². The maximum absolute atomic E-state index is 13.0. The second-order valence-corrected chi connectivity index (χ2v) is 3.61. The number of hydrogen-bond acceptors (Lipinski definition) is 4. The van der Waals surface area contributed by atoms with Crippen LogP contribution in [0.2, 0.25) is 0 Å². The van der Waals surface area contributed by atoms with Gasteiger partial charge in [-0.15, -0.1) is 5.10 Å². The Morgan fingerprint density at radius 1 is 1.50 bits per heavy atom. The predicted molar refractivity (Wildman–Crippen MR) is 55.9 cm³/mol. The van der Waals surface area contributed by atoms with E-state index in [0.29, 0.717) is 12.4 Å². The molecule has 1 heterocycles. The van der Waals surface area contributed by atoms with Crippen molar-refractivity contribution in [2.45, 2.75) is 19.5 Å². The van der Waals surface area contributed by atoms with Gasteiger partial charge in [-0.1, -0.05) is 12.1 Å². The number of rotatable bonds is 3. The maximum Gasteiger partial charge on any atom is 0.168 e. The second-order valence-electron chi connectivity index (χ2n) is 3.61. The van der Waals surface area contributed by atoms with Crippen molar-refractivity contribution in [2.75, 3.05) is 0 Å². The molecule has 0 spiro atoms. The highest BCUT2D eigenvalue weighted by molar-refractivity contribution is 5.16. The Hall–Kier alpha value is -1.82. The topological polar surface area (TPSA) is 69.6 Å². The molecule has 0 aliphatic carbocycles. The van der Waals surface area contributed by atoms with Crippen molar-refractivity contribution < 1.29 is 4.39 Å². The van der Waals surface area contributed by atoms with Crippen LogP contribution in [0.1, 0.15) is 24.4 Å². The highest BCUT2D eigenvalue weighted by atomic mass is 19.1. The number of tetrazole rings is 1. The van der Waals surface area contributed by atoms with Crippen LogP contribution in [0, 0.1) is 5.82 Å². The van der Waals surface area contributed by atoms with Gasteiger partial charge in [-0.3, -0.25) is 0 Å². The van der Waals surface area contributed by atoms with E-state index in [1.165, 1.54) is 12.1 Å². The largest absolute Gasteiger partial charge is 0.322 e. The van der Waals surface area contributed by atoms with E-state index >= 15 is 0 Å². The quantitative estimate of drug-likeness (QED) is 0.835. The lowest BCUT2D eigenvalue weighted by Crippen LogP contribution is -2.15. The van der Waals surface area contributed by atoms with Crippen molar-refractivity contribution >= 4 is 0 Å². The highest BCUT2D eigenvalue weighted by Gasteiger charge is 2.10. The Balaban J connectivity index is 2.24. The summed E-state index contributed by atoms with van der Waals surface area (Å²) in [4.78, 5) is 0. The molecule has 2 aromatic rings. The average molecular weight is 221 g/mol. The van der Waals surface area contributed by atoms with E-state index < -0.39 is 0 Å². The summed E-state index contributed by atoms with van der Waals surface area (Å²) in [6, 6.07) is 6.07. The molecule has 1 aromatic carbocycles. The van der Waals surface area contributed by atoms with Crippen LogP contribution >= 0.6 is 0 Å². The molecule has 16 heavy (non-hydrogen) atoms. The Morgan fingerprint density at radius 3 is 3.00 bits per heavy atom. The zero-order chi connectivity index (χ0) is 11.5. The summed E-state index contributed by atoms with van der Waals surface area (Å²) in [5, 5.41) is 11.2.